The fourth-order valence-electron chi connectivity index (χ4n) is 4.53. The quantitative estimate of drug-likeness (QED) is 0.659. The van der Waals surface area contributed by atoms with Gasteiger partial charge in [-0.05, 0) is 54.9 Å². The Hall–Kier alpha value is -3.03. The number of rotatable bonds is 5. The molecule has 150 valence electrons. The first-order valence-electron chi connectivity index (χ1n) is 10.2. The average molecular weight is 392 g/mol. The number of fused-ring (bicyclic) bond motifs is 1. The summed E-state index contributed by atoms with van der Waals surface area (Å²) in [5.41, 5.74) is 1.86. The van der Waals surface area contributed by atoms with Gasteiger partial charge >= 0.3 is 0 Å². The molecule has 1 aliphatic heterocycles. The lowest BCUT2D eigenvalue weighted by molar-refractivity contribution is -0.119. The summed E-state index contributed by atoms with van der Waals surface area (Å²) in [5, 5.41) is 8.54. The van der Waals surface area contributed by atoms with E-state index in [9.17, 15) is 9.59 Å². The number of anilines is 1. The zero-order chi connectivity index (χ0) is 19.8. The van der Waals surface area contributed by atoms with Crippen LogP contribution in [-0.4, -0.2) is 43.3 Å². The van der Waals surface area contributed by atoms with E-state index in [1.54, 1.807) is 16.8 Å². The molecule has 0 N–H and O–H groups in total. The Morgan fingerprint density at radius 1 is 1.10 bits per heavy atom. The molecule has 1 spiro atoms. The molecule has 1 saturated heterocycles. The Labute approximate surface area is 168 Å². The van der Waals surface area contributed by atoms with E-state index in [-0.39, 0.29) is 24.3 Å². The van der Waals surface area contributed by atoms with Crippen molar-refractivity contribution in [2.24, 2.45) is 5.41 Å². The van der Waals surface area contributed by atoms with E-state index < -0.39 is 0 Å². The van der Waals surface area contributed by atoms with Crippen LogP contribution in [0, 0.1) is 5.41 Å². The Morgan fingerprint density at radius 2 is 1.93 bits per heavy atom. The zero-order valence-electron chi connectivity index (χ0n) is 16.3. The highest BCUT2D eigenvalue weighted by Gasteiger charge is 2.39. The van der Waals surface area contributed by atoms with Crippen molar-refractivity contribution in [3.8, 4) is 0 Å². The van der Waals surface area contributed by atoms with E-state index in [4.69, 9.17) is 0 Å². The summed E-state index contributed by atoms with van der Waals surface area (Å²) in [6, 6.07) is 6.98. The van der Waals surface area contributed by atoms with E-state index in [1.807, 2.05) is 12.1 Å². The molecule has 4 heterocycles. The molecule has 3 aromatic heterocycles. The number of nitrogens with zero attached hydrogens (tertiary/aromatic N) is 6. The van der Waals surface area contributed by atoms with Crippen LogP contribution in [0.2, 0.25) is 0 Å². The fraction of sp³-hybridized carbons (Fsp3) is 0.476. The molecule has 0 radical (unpaired) electrons. The zero-order valence-corrected chi connectivity index (χ0v) is 16.3. The molecule has 5 rings (SSSR count). The van der Waals surface area contributed by atoms with Crippen molar-refractivity contribution in [2.75, 3.05) is 18.0 Å². The summed E-state index contributed by atoms with van der Waals surface area (Å²) in [6.07, 6.45) is 9.93. The molecule has 2 fully saturated rings. The van der Waals surface area contributed by atoms with Gasteiger partial charge in [-0.3, -0.25) is 9.59 Å². The minimum absolute atomic E-state index is 0.0255. The van der Waals surface area contributed by atoms with Crippen LogP contribution >= 0.6 is 0 Å². The highest BCUT2D eigenvalue weighted by atomic mass is 16.1. The van der Waals surface area contributed by atoms with Gasteiger partial charge in [0, 0.05) is 31.8 Å². The minimum Gasteiger partial charge on any atom is -0.355 e. The van der Waals surface area contributed by atoms with Crippen molar-refractivity contribution in [2.45, 2.75) is 45.1 Å². The normalized spacial score (nSPS) is 18.1. The Bertz CT molecular complexity index is 1100. The molecule has 8 nitrogen and oxygen atoms in total. The lowest BCUT2D eigenvalue weighted by atomic mass is 9.63. The van der Waals surface area contributed by atoms with Crippen molar-refractivity contribution < 1.29 is 4.79 Å². The standard InChI is InChI=1S/C21H24N6O2/c28-17(12-16-4-9-26-19(13-16)22-15-23-26)14-27-20(29)3-2-18(24-27)25-10-7-21(8-11-25)5-1-6-21/h2-4,9,13,15H,1,5-8,10-12,14H2. The van der Waals surface area contributed by atoms with Crippen LogP contribution < -0.4 is 10.5 Å². The maximum Gasteiger partial charge on any atom is 0.267 e. The summed E-state index contributed by atoms with van der Waals surface area (Å²) in [5.74, 6) is 0.726. The van der Waals surface area contributed by atoms with Gasteiger partial charge in [-0.25, -0.2) is 14.2 Å². The second-order valence-electron chi connectivity index (χ2n) is 8.34. The SMILES string of the molecule is O=C(Cc1ccn2ncnc2c1)Cn1nc(N2CCC3(CCC3)CC2)ccc1=O. The number of Topliss-reactive ketones (excluding diaryl/α,β-unsaturated/α-hetero) is 1. The Morgan fingerprint density at radius 3 is 2.69 bits per heavy atom. The molecule has 1 aliphatic carbocycles. The second kappa shape index (κ2) is 7.09. The Balaban J connectivity index is 1.27. The summed E-state index contributed by atoms with van der Waals surface area (Å²) in [6.45, 7) is 1.91. The Kier molecular flexibility index (Phi) is 4.41. The van der Waals surface area contributed by atoms with Crippen LogP contribution in [0.3, 0.4) is 0 Å². The maximum atomic E-state index is 12.6. The van der Waals surface area contributed by atoms with E-state index in [2.05, 4.69) is 20.1 Å². The highest BCUT2D eigenvalue weighted by molar-refractivity contribution is 5.80. The van der Waals surface area contributed by atoms with Crippen molar-refractivity contribution in [3.05, 3.63) is 52.7 Å². The number of hydrogen-bond donors (Lipinski definition) is 0. The summed E-state index contributed by atoms with van der Waals surface area (Å²) < 4.78 is 2.94. The summed E-state index contributed by atoms with van der Waals surface area (Å²) in [7, 11) is 0. The topological polar surface area (TPSA) is 85.4 Å². The summed E-state index contributed by atoms with van der Waals surface area (Å²) in [4.78, 5) is 31.2. The van der Waals surface area contributed by atoms with Gasteiger partial charge < -0.3 is 4.90 Å². The van der Waals surface area contributed by atoms with Crippen molar-refractivity contribution in [1.29, 1.82) is 0 Å². The van der Waals surface area contributed by atoms with Crippen LogP contribution in [0.1, 0.15) is 37.7 Å². The molecule has 0 bridgehead atoms. The monoisotopic (exact) mass is 392 g/mol. The van der Waals surface area contributed by atoms with Crippen molar-refractivity contribution in [3.63, 3.8) is 0 Å². The smallest absolute Gasteiger partial charge is 0.267 e. The van der Waals surface area contributed by atoms with Crippen molar-refractivity contribution >= 4 is 17.2 Å². The minimum atomic E-state index is -0.248. The first-order chi connectivity index (χ1) is 14.1. The fourth-order valence-corrected chi connectivity index (χ4v) is 4.53. The molecule has 0 aromatic carbocycles. The van der Waals surface area contributed by atoms with Crippen LogP contribution in [0.4, 0.5) is 5.82 Å². The molecule has 29 heavy (non-hydrogen) atoms. The van der Waals surface area contributed by atoms with E-state index >= 15 is 0 Å². The molecule has 8 heteroatoms. The molecule has 1 saturated carbocycles. The lowest BCUT2D eigenvalue weighted by Gasteiger charge is -2.48. The first kappa shape index (κ1) is 18.0. The molecular weight excluding hydrogens is 368 g/mol. The van der Waals surface area contributed by atoms with Gasteiger partial charge in [-0.1, -0.05) is 6.42 Å². The van der Waals surface area contributed by atoms with E-state index in [0.717, 1.165) is 24.5 Å². The number of carbonyl (C=O) groups excluding carboxylic acids is 1. The number of carbonyl (C=O) groups is 1. The predicted molar refractivity (Wildman–Crippen MR) is 108 cm³/mol. The van der Waals surface area contributed by atoms with Gasteiger partial charge in [0.2, 0.25) is 0 Å². The van der Waals surface area contributed by atoms with E-state index in [1.165, 1.54) is 49.2 Å². The molecule has 0 amide bonds. The van der Waals surface area contributed by atoms with Gasteiger partial charge in [0.25, 0.3) is 5.56 Å². The van der Waals surface area contributed by atoms with Gasteiger partial charge in [0.1, 0.15) is 18.7 Å². The van der Waals surface area contributed by atoms with Gasteiger partial charge in [0.15, 0.2) is 11.4 Å². The maximum absolute atomic E-state index is 12.6. The number of pyridine rings is 1. The van der Waals surface area contributed by atoms with E-state index in [0.29, 0.717) is 11.1 Å². The van der Waals surface area contributed by atoms with Crippen LogP contribution in [0.5, 0.6) is 0 Å². The van der Waals surface area contributed by atoms with Gasteiger partial charge in [0.05, 0.1) is 0 Å². The number of piperidine rings is 1. The molecule has 3 aromatic rings. The molecule has 2 aliphatic rings. The predicted octanol–water partition coefficient (Wildman–Crippen LogP) is 1.87. The third-order valence-electron chi connectivity index (χ3n) is 6.49. The van der Waals surface area contributed by atoms with Gasteiger partial charge in [-0.15, -0.1) is 0 Å². The first-order valence-corrected chi connectivity index (χ1v) is 10.2. The summed E-state index contributed by atoms with van der Waals surface area (Å²) >= 11 is 0. The second-order valence-corrected chi connectivity index (χ2v) is 8.34. The molecule has 0 unspecified atom stereocenters. The lowest BCUT2D eigenvalue weighted by Crippen LogP contribution is -2.44. The van der Waals surface area contributed by atoms with Crippen LogP contribution in [0.25, 0.3) is 5.65 Å². The third-order valence-corrected chi connectivity index (χ3v) is 6.49. The number of aromatic nitrogens is 5. The largest absolute Gasteiger partial charge is 0.355 e. The van der Waals surface area contributed by atoms with Crippen molar-refractivity contribution in [1.82, 2.24) is 24.4 Å². The molecular formula is C21H24N6O2. The average Bonchev–Trinajstić information content (AvgIpc) is 3.16. The van der Waals surface area contributed by atoms with Crippen LogP contribution in [0.15, 0.2) is 41.6 Å². The molecule has 0 atom stereocenters. The van der Waals surface area contributed by atoms with Gasteiger partial charge in [-0.2, -0.15) is 10.2 Å². The number of ketones is 1. The third kappa shape index (κ3) is 3.54. The van der Waals surface area contributed by atoms with Crippen LogP contribution in [-0.2, 0) is 17.8 Å². The highest BCUT2D eigenvalue weighted by Crippen LogP contribution is 2.49. The number of hydrogen-bond acceptors (Lipinski definition) is 6.